The lowest BCUT2D eigenvalue weighted by molar-refractivity contribution is -0.0240. The van der Waals surface area contributed by atoms with E-state index in [1.807, 2.05) is 6.07 Å². The predicted octanol–water partition coefficient (Wildman–Crippen LogP) is 4.25. The number of likely N-dealkylation sites (tertiary alicyclic amines) is 1. The lowest BCUT2D eigenvalue weighted by atomic mass is 9.52. The van der Waals surface area contributed by atoms with Crippen molar-refractivity contribution in [1.29, 1.82) is 0 Å². The minimum atomic E-state index is 0.380. The van der Waals surface area contributed by atoms with Gasteiger partial charge in [-0.2, -0.15) is 0 Å². The molecule has 5 rings (SSSR count). The van der Waals surface area contributed by atoms with E-state index in [-0.39, 0.29) is 0 Å². The number of benzene rings is 1. The van der Waals surface area contributed by atoms with Crippen molar-refractivity contribution in [1.82, 2.24) is 4.90 Å². The summed E-state index contributed by atoms with van der Waals surface area (Å²) in [6, 6.07) is 7.01. The van der Waals surface area contributed by atoms with Gasteiger partial charge in [0, 0.05) is 18.0 Å². The van der Waals surface area contributed by atoms with Crippen molar-refractivity contribution >= 4 is 0 Å². The van der Waals surface area contributed by atoms with E-state index in [2.05, 4.69) is 17.0 Å². The molecule has 0 radical (unpaired) electrons. The molecule has 2 saturated carbocycles. The number of phenols is 1. The molecule has 1 N–H and O–H groups in total. The Morgan fingerprint density at radius 2 is 2.00 bits per heavy atom. The van der Waals surface area contributed by atoms with Crippen molar-refractivity contribution in [2.75, 3.05) is 13.1 Å². The van der Waals surface area contributed by atoms with Crippen LogP contribution in [0, 0.1) is 11.8 Å². The molecule has 0 aromatic heterocycles. The summed E-state index contributed by atoms with van der Waals surface area (Å²) < 4.78 is 0. The van der Waals surface area contributed by atoms with Crippen molar-refractivity contribution in [3.05, 3.63) is 29.3 Å². The zero-order chi connectivity index (χ0) is 15.4. The van der Waals surface area contributed by atoms with Crippen LogP contribution < -0.4 is 0 Å². The number of aromatic hydroxyl groups is 1. The molecule has 2 bridgehead atoms. The Kier molecular flexibility index (Phi) is 3.27. The molecule has 0 amide bonds. The van der Waals surface area contributed by atoms with Crippen molar-refractivity contribution in [3.63, 3.8) is 0 Å². The molecule has 1 heterocycles. The largest absolute Gasteiger partial charge is 0.508 e. The Bertz CT molecular complexity index is 608. The van der Waals surface area contributed by atoms with E-state index >= 15 is 0 Å². The molecular formula is C21H29NO. The molecule has 23 heavy (non-hydrogen) atoms. The third kappa shape index (κ3) is 2.10. The van der Waals surface area contributed by atoms with Crippen LogP contribution in [-0.4, -0.2) is 29.1 Å². The van der Waals surface area contributed by atoms with Gasteiger partial charge in [-0.15, -0.1) is 0 Å². The third-order valence-electron chi connectivity index (χ3n) is 7.65. The standard InChI is InChI=1S/C21H29NO/c23-17-8-7-16-12-20-18-6-1-2-9-21(18,19(16)13-17)10-11-22(20)14-15-4-3-5-15/h7-8,13,15,18,20,23H,1-6,9-12,14H2/t18-,20+,21?/m0/s1. The number of nitrogens with zero attached hydrogens (tertiary/aromatic N) is 1. The number of hydrogen-bond donors (Lipinski definition) is 1. The number of piperidine rings is 1. The lowest BCUT2D eigenvalue weighted by Gasteiger charge is -2.59. The molecule has 2 heteroatoms. The second-order valence-corrected chi connectivity index (χ2v) is 8.66. The second-order valence-electron chi connectivity index (χ2n) is 8.66. The quantitative estimate of drug-likeness (QED) is 0.882. The van der Waals surface area contributed by atoms with Gasteiger partial charge < -0.3 is 5.11 Å². The van der Waals surface area contributed by atoms with Crippen molar-refractivity contribution in [2.45, 2.75) is 69.2 Å². The van der Waals surface area contributed by atoms with Crippen LogP contribution in [-0.2, 0) is 11.8 Å². The van der Waals surface area contributed by atoms with Crippen LogP contribution in [0.1, 0.15) is 62.5 Å². The second kappa shape index (κ2) is 5.24. The normalized spacial score (nSPS) is 36.9. The van der Waals surface area contributed by atoms with Crippen LogP contribution in [0.3, 0.4) is 0 Å². The van der Waals surface area contributed by atoms with E-state index in [9.17, 15) is 5.11 Å². The number of rotatable bonds is 2. The zero-order valence-corrected chi connectivity index (χ0v) is 14.1. The molecule has 1 aromatic carbocycles. The van der Waals surface area contributed by atoms with Gasteiger partial charge >= 0.3 is 0 Å². The van der Waals surface area contributed by atoms with Crippen molar-refractivity contribution in [2.24, 2.45) is 11.8 Å². The molecule has 3 fully saturated rings. The van der Waals surface area contributed by atoms with Crippen LogP contribution in [0.4, 0.5) is 0 Å². The zero-order valence-electron chi connectivity index (χ0n) is 14.1. The van der Waals surface area contributed by atoms with Crippen LogP contribution in [0.5, 0.6) is 5.75 Å². The van der Waals surface area contributed by atoms with Crippen LogP contribution >= 0.6 is 0 Å². The highest BCUT2D eigenvalue weighted by Crippen LogP contribution is 2.56. The fraction of sp³-hybridized carbons (Fsp3) is 0.714. The monoisotopic (exact) mass is 311 g/mol. The van der Waals surface area contributed by atoms with Gasteiger partial charge in [0.2, 0.25) is 0 Å². The maximum Gasteiger partial charge on any atom is 0.115 e. The number of fused-ring (bicyclic) bond motifs is 1. The first-order valence-electron chi connectivity index (χ1n) is 9.83. The first kappa shape index (κ1) is 14.3. The summed E-state index contributed by atoms with van der Waals surface area (Å²) in [6.07, 6.45) is 12.5. The van der Waals surface area contributed by atoms with E-state index in [1.54, 1.807) is 0 Å². The Hall–Kier alpha value is -1.02. The van der Waals surface area contributed by atoms with Gasteiger partial charge in [-0.1, -0.05) is 25.3 Å². The first-order valence-corrected chi connectivity index (χ1v) is 9.83. The van der Waals surface area contributed by atoms with E-state index in [1.165, 1.54) is 82.0 Å². The fourth-order valence-electron chi connectivity index (χ4n) is 6.31. The van der Waals surface area contributed by atoms with Crippen LogP contribution in [0.15, 0.2) is 18.2 Å². The smallest absolute Gasteiger partial charge is 0.115 e. The summed E-state index contributed by atoms with van der Waals surface area (Å²) in [7, 11) is 0. The molecule has 1 unspecified atom stereocenters. The molecular weight excluding hydrogens is 282 g/mol. The van der Waals surface area contributed by atoms with Gasteiger partial charge in [0.1, 0.15) is 5.75 Å². The fourth-order valence-corrected chi connectivity index (χ4v) is 6.31. The number of phenolic OH excluding ortho intramolecular Hbond substituents is 1. The van der Waals surface area contributed by atoms with Crippen LogP contribution in [0.25, 0.3) is 0 Å². The minimum Gasteiger partial charge on any atom is -0.508 e. The first-order chi connectivity index (χ1) is 11.3. The predicted molar refractivity (Wildman–Crippen MR) is 92.8 cm³/mol. The Labute approximate surface area is 139 Å². The average Bonchev–Trinajstić information content (AvgIpc) is 2.53. The molecule has 3 atom stereocenters. The average molecular weight is 311 g/mol. The third-order valence-corrected chi connectivity index (χ3v) is 7.65. The van der Waals surface area contributed by atoms with Crippen molar-refractivity contribution in [3.8, 4) is 5.75 Å². The van der Waals surface area contributed by atoms with E-state index < -0.39 is 0 Å². The van der Waals surface area contributed by atoms with E-state index in [0.717, 1.165) is 17.9 Å². The van der Waals surface area contributed by atoms with E-state index in [4.69, 9.17) is 0 Å². The van der Waals surface area contributed by atoms with Gasteiger partial charge in [0.25, 0.3) is 0 Å². The Morgan fingerprint density at radius 3 is 2.83 bits per heavy atom. The Balaban J connectivity index is 1.54. The van der Waals surface area contributed by atoms with Gasteiger partial charge in [-0.05, 0) is 80.2 Å². The maximum atomic E-state index is 10.1. The molecule has 0 spiro atoms. The minimum absolute atomic E-state index is 0.380. The van der Waals surface area contributed by atoms with Gasteiger partial charge in [-0.25, -0.2) is 0 Å². The highest BCUT2D eigenvalue weighted by Gasteiger charge is 2.53. The molecule has 1 saturated heterocycles. The lowest BCUT2D eigenvalue weighted by Crippen LogP contribution is -2.61. The summed E-state index contributed by atoms with van der Waals surface area (Å²) in [5.41, 5.74) is 3.43. The summed E-state index contributed by atoms with van der Waals surface area (Å²) in [5.74, 6) is 2.28. The molecule has 2 nitrogen and oxygen atoms in total. The Morgan fingerprint density at radius 1 is 1.09 bits per heavy atom. The van der Waals surface area contributed by atoms with Crippen LogP contribution in [0.2, 0.25) is 0 Å². The molecule has 124 valence electrons. The SMILES string of the molecule is Oc1ccc2c(c1)C13CCCC[C@H]1[C@@H](C2)N(CC1CCC1)CC3. The summed E-state index contributed by atoms with van der Waals surface area (Å²) in [4.78, 5) is 2.87. The summed E-state index contributed by atoms with van der Waals surface area (Å²) >= 11 is 0. The summed E-state index contributed by atoms with van der Waals surface area (Å²) in [5, 5.41) is 10.1. The highest BCUT2D eigenvalue weighted by molar-refractivity contribution is 5.45. The molecule has 4 aliphatic rings. The summed E-state index contributed by atoms with van der Waals surface area (Å²) in [6.45, 7) is 2.64. The molecule has 1 aliphatic heterocycles. The van der Waals surface area contributed by atoms with E-state index in [0.29, 0.717) is 11.2 Å². The molecule has 3 aliphatic carbocycles. The highest BCUT2D eigenvalue weighted by atomic mass is 16.3. The molecule has 1 aromatic rings. The van der Waals surface area contributed by atoms with Crippen molar-refractivity contribution < 1.29 is 5.11 Å². The maximum absolute atomic E-state index is 10.1. The number of hydrogen-bond acceptors (Lipinski definition) is 2. The van der Waals surface area contributed by atoms with Gasteiger partial charge in [0.15, 0.2) is 0 Å². The van der Waals surface area contributed by atoms with Gasteiger partial charge in [0.05, 0.1) is 0 Å². The topological polar surface area (TPSA) is 23.5 Å². The van der Waals surface area contributed by atoms with Gasteiger partial charge in [-0.3, -0.25) is 4.90 Å².